The summed E-state index contributed by atoms with van der Waals surface area (Å²) >= 11 is 0. The Balaban J connectivity index is 2.15. The van der Waals surface area contributed by atoms with Gasteiger partial charge in [-0.3, -0.25) is 0 Å². The van der Waals surface area contributed by atoms with Crippen LogP contribution in [-0.4, -0.2) is 45.3 Å². The Bertz CT molecular complexity index is 167. The van der Waals surface area contributed by atoms with Crippen molar-refractivity contribution >= 4 is 0 Å². The van der Waals surface area contributed by atoms with Crippen LogP contribution in [0.15, 0.2) is 0 Å². The smallest absolute Gasteiger partial charge is 0.171 e. The van der Waals surface area contributed by atoms with E-state index >= 15 is 0 Å². The van der Waals surface area contributed by atoms with E-state index in [2.05, 4.69) is 12.2 Å². The van der Waals surface area contributed by atoms with Crippen LogP contribution in [-0.2, 0) is 14.2 Å². The minimum Gasteiger partial charge on any atom is -0.378 e. The largest absolute Gasteiger partial charge is 0.378 e. The summed E-state index contributed by atoms with van der Waals surface area (Å²) in [5, 5.41) is 3.48. The summed E-state index contributed by atoms with van der Waals surface area (Å²) < 4.78 is 15.9. The molecule has 1 atom stereocenters. The lowest BCUT2D eigenvalue weighted by Gasteiger charge is -2.38. The molecule has 0 bridgehead atoms. The molecule has 0 spiro atoms. The van der Waals surface area contributed by atoms with Gasteiger partial charge in [-0.1, -0.05) is 0 Å². The van der Waals surface area contributed by atoms with Crippen molar-refractivity contribution in [2.24, 2.45) is 0 Å². The van der Waals surface area contributed by atoms with Crippen molar-refractivity contribution in [1.82, 2.24) is 5.32 Å². The van der Waals surface area contributed by atoms with E-state index in [4.69, 9.17) is 14.2 Å². The van der Waals surface area contributed by atoms with Crippen molar-refractivity contribution in [3.63, 3.8) is 0 Å². The average Bonchev–Trinajstić information content (AvgIpc) is 2.16. The molecule has 0 aromatic rings. The van der Waals surface area contributed by atoms with Crippen molar-refractivity contribution in [2.45, 2.75) is 51.2 Å². The van der Waals surface area contributed by atoms with Crippen LogP contribution in [0.5, 0.6) is 0 Å². The highest BCUT2D eigenvalue weighted by Gasteiger charge is 2.31. The first kappa shape index (κ1) is 12.9. The third kappa shape index (κ3) is 3.72. The van der Waals surface area contributed by atoms with Crippen LogP contribution in [0.25, 0.3) is 0 Å². The Morgan fingerprint density at radius 2 is 1.87 bits per heavy atom. The molecule has 1 N–H and O–H groups in total. The Labute approximate surface area is 92.3 Å². The maximum atomic E-state index is 5.50. The highest BCUT2D eigenvalue weighted by molar-refractivity contribution is 4.88. The van der Waals surface area contributed by atoms with Crippen molar-refractivity contribution in [3.8, 4) is 0 Å². The zero-order valence-electron chi connectivity index (χ0n) is 10.2. The van der Waals surface area contributed by atoms with Gasteiger partial charge in [0.25, 0.3) is 0 Å². The van der Waals surface area contributed by atoms with Crippen molar-refractivity contribution in [1.29, 1.82) is 0 Å². The van der Waals surface area contributed by atoms with E-state index < -0.39 is 0 Å². The lowest BCUT2D eigenvalue weighted by atomic mass is 9.88. The molecule has 1 saturated carbocycles. The molecule has 0 radical (unpaired) electrons. The standard InChI is InChI=1S/C11H23NO3/c1-5-15-10-6-9(7-10)12-8(2)11(13-3)14-4/h8-12H,5-7H2,1-4H3. The quantitative estimate of drug-likeness (QED) is 0.649. The lowest BCUT2D eigenvalue weighted by Crippen LogP contribution is -2.52. The number of rotatable bonds is 7. The zero-order valence-corrected chi connectivity index (χ0v) is 10.2. The molecule has 15 heavy (non-hydrogen) atoms. The van der Waals surface area contributed by atoms with Gasteiger partial charge in [0.15, 0.2) is 6.29 Å². The van der Waals surface area contributed by atoms with Crippen LogP contribution < -0.4 is 5.32 Å². The number of hydrogen-bond donors (Lipinski definition) is 1. The number of hydrogen-bond acceptors (Lipinski definition) is 4. The molecule has 1 rings (SSSR count). The second-order valence-corrected chi connectivity index (χ2v) is 4.04. The molecule has 90 valence electrons. The summed E-state index contributed by atoms with van der Waals surface area (Å²) in [5.74, 6) is 0. The van der Waals surface area contributed by atoms with E-state index in [9.17, 15) is 0 Å². The summed E-state index contributed by atoms with van der Waals surface area (Å²) in [4.78, 5) is 0. The van der Waals surface area contributed by atoms with Gasteiger partial charge in [-0.25, -0.2) is 0 Å². The topological polar surface area (TPSA) is 39.7 Å². The molecular weight excluding hydrogens is 194 g/mol. The first-order chi connectivity index (χ1) is 7.21. The van der Waals surface area contributed by atoms with Gasteiger partial charge in [0.1, 0.15) is 0 Å². The average molecular weight is 217 g/mol. The van der Waals surface area contributed by atoms with Crippen molar-refractivity contribution in [3.05, 3.63) is 0 Å². The van der Waals surface area contributed by atoms with Crippen molar-refractivity contribution < 1.29 is 14.2 Å². The van der Waals surface area contributed by atoms with E-state index in [1.165, 1.54) is 0 Å². The molecule has 0 amide bonds. The van der Waals surface area contributed by atoms with Gasteiger partial charge in [-0.15, -0.1) is 0 Å². The zero-order chi connectivity index (χ0) is 11.3. The Kier molecular flexibility index (Phi) is 5.53. The Hall–Kier alpha value is -0.160. The molecule has 0 saturated heterocycles. The highest BCUT2D eigenvalue weighted by atomic mass is 16.7. The fourth-order valence-corrected chi connectivity index (χ4v) is 2.03. The molecule has 0 aliphatic heterocycles. The molecule has 0 aromatic heterocycles. The monoisotopic (exact) mass is 217 g/mol. The summed E-state index contributed by atoms with van der Waals surface area (Å²) in [6.07, 6.45) is 2.47. The summed E-state index contributed by atoms with van der Waals surface area (Å²) in [7, 11) is 3.33. The van der Waals surface area contributed by atoms with E-state index in [1.54, 1.807) is 14.2 Å². The first-order valence-electron chi connectivity index (χ1n) is 5.64. The van der Waals surface area contributed by atoms with Gasteiger partial charge >= 0.3 is 0 Å². The second-order valence-electron chi connectivity index (χ2n) is 4.04. The van der Waals surface area contributed by atoms with Crippen LogP contribution in [0.3, 0.4) is 0 Å². The van der Waals surface area contributed by atoms with Crippen LogP contribution in [0, 0.1) is 0 Å². The number of methoxy groups -OCH3 is 2. The van der Waals surface area contributed by atoms with Gasteiger partial charge in [-0.05, 0) is 26.7 Å². The third-order valence-electron chi connectivity index (χ3n) is 2.87. The maximum Gasteiger partial charge on any atom is 0.171 e. The van der Waals surface area contributed by atoms with Crippen LogP contribution in [0.1, 0.15) is 26.7 Å². The van der Waals surface area contributed by atoms with Gasteiger partial charge in [0.05, 0.1) is 12.1 Å². The minimum absolute atomic E-state index is 0.170. The van der Waals surface area contributed by atoms with Gasteiger partial charge in [0.2, 0.25) is 0 Å². The summed E-state index contributed by atoms with van der Waals surface area (Å²) in [6, 6.07) is 0.761. The Morgan fingerprint density at radius 3 is 2.33 bits per heavy atom. The SMILES string of the molecule is CCOC1CC(NC(C)C(OC)OC)C1. The molecule has 1 unspecified atom stereocenters. The van der Waals surface area contributed by atoms with E-state index in [0.717, 1.165) is 19.4 Å². The molecule has 1 fully saturated rings. The Morgan fingerprint density at radius 1 is 1.27 bits per heavy atom. The molecule has 0 aromatic carbocycles. The summed E-state index contributed by atoms with van der Waals surface area (Å²) in [5.41, 5.74) is 0. The fraction of sp³-hybridized carbons (Fsp3) is 1.00. The lowest BCUT2D eigenvalue weighted by molar-refractivity contribution is -0.125. The normalized spacial score (nSPS) is 27.8. The van der Waals surface area contributed by atoms with Gasteiger partial charge in [-0.2, -0.15) is 0 Å². The predicted molar refractivity (Wildman–Crippen MR) is 58.8 cm³/mol. The molecular formula is C11H23NO3. The van der Waals surface area contributed by atoms with E-state index in [0.29, 0.717) is 12.1 Å². The number of nitrogens with one attached hydrogen (secondary N) is 1. The summed E-state index contributed by atoms with van der Waals surface area (Å²) in [6.45, 7) is 4.92. The van der Waals surface area contributed by atoms with Gasteiger partial charge in [0, 0.05) is 26.9 Å². The highest BCUT2D eigenvalue weighted by Crippen LogP contribution is 2.24. The molecule has 1 aliphatic rings. The van der Waals surface area contributed by atoms with Crippen LogP contribution >= 0.6 is 0 Å². The van der Waals surface area contributed by atoms with Crippen LogP contribution in [0.4, 0.5) is 0 Å². The molecule has 1 aliphatic carbocycles. The fourth-order valence-electron chi connectivity index (χ4n) is 2.03. The molecule has 4 heteroatoms. The van der Waals surface area contributed by atoms with Gasteiger partial charge < -0.3 is 19.5 Å². The first-order valence-corrected chi connectivity index (χ1v) is 5.64. The number of ether oxygens (including phenoxy) is 3. The second kappa shape index (κ2) is 6.43. The minimum atomic E-state index is -0.170. The van der Waals surface area contributed by atoms with E-state index in [1.807, 2.05) is 6.92 Å². The van der Waals surface area contributed by atoms with E-state index in [-0.39, 0.29) is 12.3 Å². The predicted octanol–water partition coefficient (Wildman–Crippen LogP) is 1.15. The third-order valence-corrected chi connectivity index (χ3v) is 2.87. The van der Waals surface area contributed by atoms with Crippen LogP contribution in [0.2, 0.25) is 0 Å². The van der Waals surface area contributed by atoms with Crippen molar-refractivity contribution in [2.75, 3.05) is 20.8 Å². The molecule has 4 nitrogen and oxygen atoms in total. The molecule has 0 heterocycles. The maximum absolute atomic E-state index is 5.50.